The van der Waals surface area contributed by atoms with Crippen molar-refractivity contribution in [1.29, 1.82) is 0 Å². The van der Waals surface area contributed by atoms with Gasteiger partial charge in [-0.3, -0.25) is 4.79 Å². The average Bonchev–Trinajstić information content (AvgIpc) is 2.80. The molecule has 20 heavy (non-hydrogen) atoms. The second kappa shape index (κ2) is 5.66. The van der Waals surface area contributed by atoms with Crippen molar-refractivity contribution < 1.29 is 24.6 Å². The summed E-state index contributed by atoms with van der Waals surface area (Å²) in [6.45, 7) is 0.350. The lowest BCUT2D eigenvalue weighted by Gasteiger charge is -2.37. The van der Waals surface area contributed by atoms with Gasteiger partial charge >= 0.3 is 12.0 Å². The average molecular weight is 285 g/mol. The SMILES string of the molecule is NC(=O)C1CCCCN1C(=O)N1CC(O)CC1C(=O)O. The first-order valence-corrected chi connectivity index (χ1v) is 6.69. The van der Waals surface area contributed by atoms with Gasteiger partial charge in [0.05, 0.1) is 6.10 Å². The predicted molar refractivity (Wildman–Crippen MR) is 67.7 cm³/mol. The molecule has 0 aromatic carbocycles. The van der Waals surface area contributed by atoms with E-state index < -0.39 is 36.1 Å². The van der Waals surface area contributed by atoms with Crippen LogP contribution >= 0.6 is 0 Å². The highest BCUT2D eigenvalue weighted by atomic mass is 16.4. The Hall–Kier alpha value is -1.83. The number of β-amino-alcohol motifs (C(OH)–C–C–N with tert-alkyl or cyclic N) is 1. The third kappa shape index (κ3) is 2.69. The number of likely N-dealkylation sites (tertiary alicyclic amines) is 2. The van der Waals surface area contributed by atoms with Gasteiger partial charge in [0.15, 0.2) is 0 Å². The molecule has 2 aliphatic rings. The van der Waals surface area contributed by atoms with Crippen molar-refractivity contribution in [2.75, 3.05) is 13.1 Å². The first kappa shape index (κ1) is 14.6. The summed E-state index contributed by atoms with van der Waals surface area (Å²) in [4.78, 5) is 37.5. The molecule has 0 saturated carbocycles. The molecular formula is C12H19N3O5. The number of aliphatic hydroxyl groups excluding tert-OH is 1. The molecule has 2 fully saturated rings. The summed E-state index contributed by atoms with van der Waals surface area (Å²) in [7, 11) is 0. The van der Waals surface area contributed by atoms with Gasteiger partial charge in [0, 0.05) is 19.5 Å². The van der Waals surface area contributed by atoms with E-state index in [-0.39, 0.29) is 13.0 Å². The van der Waals surface area contributed by atoms with Gasteiger partial charge in [0.1, 0.15) is 12.1 Å². The smallest absolute Gasteiger partial charge is 0.326 e. The number of carbonyl (C=O) groups excluding carboxylic acids is 2. The first-order valence-electron chi connectivity index (χ1n) is 6.69. The van der Waals surface area contributed by atoms with E-state index in [9.17, 15) is 19.5 Å². The van der Waals surface area contributed by atoms with Crippen LogP contribution in [0.15, 0.2) is 0 Å². The summed E-state index contributed by atoms with van der Waals surface area (Å²) in [6, 6.07) is -2.27. The minimum atomic E-state index is -1.15. The lowest BCUT2D eigenvalue weighted by molar-refractivity contribution is -0.141. The molecule has 0 spiro atoms. The second-order valence-electron chi connectivity index (χ2n) is 5.29. The summed E-state index contributed by atoms with van der Waals surface area (Å²) in [6.07, 6.45) is 1.22. The van der Waals surface area contributed by atoms with E-state index in [2.05, 4.69) is 0 Å². The van der Waals surface area contributed by atoms with Gasteiger partial charge in [-0.1, -0.05) is 0 Å². The highest BCUT2D eigenvalue weighted by Gasteiger charge is 2.43. The van der Waals surface area contributed by atoms with Crippen LogP contribution in [0.4, 0.5) is 4.79 Å². The number of nitrogens with zero attached hydrogens (tertiary/aromatic N) is 2. The normalized spacial score (nSPS) is 30.4. The fraction of sp³-hybridized carbons (Fsp3) is 0.750. The maximum absolute atomic E-state index is 12.4. The van der Waals surface area contributed by atoms with Crippen molar-refractivity contribution >= 4 is 17.9 Å². The first-order chi connectivity index (χ1) is 9.41. The van der Waals surface area contributed by atoms with Crippen molar-refractivity contribution in [3.05, 3.63) is 0 Å². The fourth-order valence-corrected chi connectivity index (χ4v) is 2.88. The number of aliphatic hydroxyl groups is 1. The van der Waals surface area contributed by atoms with E-state index in [0.717, 1.165) is 17.7 Å². The number of hydrogen-bond donors (Lipinski definition) is 3. The van der Waals surface area contributed by atoms with Crippen LogP contribution in [-0.4, -0.2) is 69.2 Å². The number of carbonyl (C=O) groups is 3. The third-order valence-corrected chi connectivity index (χ3v) is 3.89. The number of hydrogen-bond acceptors (Lipinski definition) is 4. The molecule has 2 saturated heterocycles. The quantitative estimate of drug-likeness (QED) is 0.598. The number of amides is 3. The van der Waals surface area contributed by atoms with E-state index in [0.29, 0.717) is 13.0 Å². The van der Waals surface area contributed by atoms with Crippen LogP contribution in [0.25, 0.3) is 0 Å². The van der Waals surface area contributed by atoms with E-state index in [4.69, 9.17) is 10.8 Å². The highest BCUT2D eigenvalue weighted by molar-refractivity contribution is 5.88. The number of primary amides is 1. The molecule has 3 unspecified atom stereocenters. The predicted octanol–water partition coefficient (Wildman–Crippen LogP) is -1.03. The van der Waals surface area contributed by atoms with Gasteiger partial charge in [0.2, 0.25) is 5.91 Å². The van der Waals surface area contributed by atoms with E-state index in [1.807, 2.05) is 0 Å². The van der Waals surface area contributed by atoms with Gasteiger partial charge in [0.25, 0.3) is 0 Å². The zero-order valence-corrected chi connectivity index (χ0v) is 11.1. The molecule has 2 rings (SSSR count). The Morgan fingerprint density at radius 1 is 1.10 bits per heavy atom. The molecule has 3 atom stereocenters. The topological polar surface area (TPSA) is 124 Å². The van der Waals surface area contributed by atoms with Crippen LogP contribution in [-0.2, 0) is 9.59 Å². The number of nitrogens with two attached hydrogens (primary N) is 1. The number of rotatable bonds is 2. The lowest BCUT2D eigenvalue weighted by Crippen LogP contribution is -2.56. The lowest BCUT2D eigenvalue weighted by atomic mass is 10.0. The zero-order chi connectivity index (χ0) is 14.9. The number of carboxylic acid groups (broad SMARTS) is 1. The molecule has 0 radical (unpaired) electrons. The van der Waals surface area contributed by atoms with Crippen LogP contribution in [0.3, 0.4) is 0 Å². The van der Waals surface area contributed by atoms with Gasteiger partial charge in [-0.05, 0) is 19.3 Å². The summed E-state index contributed by atoms with van der Waals surface area (Å²) in [5.74, 6) is -1.73. The molecule has 0 aromatic heterocycles. The summed E-state index contributed by atoms with van der Waals surface area (Å²) >= 11 is 0. The van der Waals surface area contributed by atoms with Crippen molar-refractivity contribution in [2.45, 2.75) is 43.9 Å². The number of aliphatic carboxylic acids is 1. The largest absolute Gasteiger partial charge is 0.480 e. The molecule has 3 amide bonds. The Morgan fingerprint density at radius 2 is 1.80 bits per heavy atom. The monoisotopic (exact) mass is 285 g/mol. The molecular weight excluding hydrogens is 266 g/mol. The summed E-state index contributed by atoms with van der Waals surface area (Å²) in [5, 5.41) is 18.7. The van der Waals surface area contributed by atoms with Crippen molar-refractivity contribution in [1.82, 2.24) is 9.80 Å². The molecule has 0 bridgehead atoms. The van der Waals surface area contributed by atoms with Crippen LogP contribution in [0.1, 0.15) is 25.7 Å². The van der Waals surface area contributed by atoms with Crippen LogP contribution < -0.4 is 5.73 Å². The van der Waals surface area contributed by atoms with Crippen molar-refractivity contribution in [3.8, 4) is 0 Å². The number of carboxylic acids is 1. The third-order valence-electron chi connectivity index (χ3n) is 3.89. The molecule has 8 heteroatoms. The fourth-order valence-electron chi connectivity index (χ4n) is 2.88. The summed E-state index contributed by atoms with van der Waals surface area (Å²) in [5.41, 5.74) is 5.30. The highest BCUT2D eigenvalue weighted by Crippen LogP contribution is 2.24. The van der Waals surface area contributed by atoms with Crippen molar-refractivity contribution in [2.24, 2.45) is 5.73 Å². The second-order valence-corrected chi connectivity index (χ2v) is 5.29. The van der Waals surface area contributed by atoms with Gasteiger partial charge in [-0.15, -0.1) is 0 Å². The maximum Gasteiger partial charge on any atom is 0.326 e. The van der Waals surface area contributed by atoms with Crippen LogP contribution in [0.2, 0.25) is 0 Å². The minimum absolute atomic E-state index is 0.0101. The molecule has 2 aliphatic heterocycles. The van der Waals surface area contributed by atoms with Crippen LogP contribution in [0, 0.1) is 0 Å². The van der Waals surface area contributed by atoms with Crippen molar-refractivity contribution in [3.63, 3.8) is 0 Å². The molecule has 2 heterocycles. The maximum atomic E-state index is 12.4. The Bertz CT molecular complexity index is 407. The number of piperidine rings is 1. The Kier molecular flexibility index (Phi) is 4.12. The number of urea groups is 1. The van der Waals surface area contributed by atoms with Crippen LogP contribution in [0.5, 0.6) is 0 Å². The zero-order valence-electron chi connectivity index (χ0n) is 11.1. The minimum Gasteiger partial charge on any atom is -0.480 e. The Labute approximate surface area is 116 Å². The summed E-state index contributed by atoms with van der Waals surface area (Å²) < 4.78 is 0. The van der Waals surface area contributed by atoms with Gasteiger partial charge in [-0.2, -0.15) is 0 Å². The van der Waals surface area contributed by atoms with Gasteiger partial charge in [-0.25, -0.2) is 9.59 Å². The molecule has 0 aromatic rings. The molecule has 4 N–H and O–H groups in total. The molecule has 8 nitrogen and oxygen atoms in total. The van der Waals surface area contributed by atoms with E-state index in [1.165, 1.54) is 4.90 Å². The molecule has 0 aliphatic carbocycles. The Balaban J connectivity index is 2.16. The standard InChI is InChI=1S/C12H19N3O5/c13-10(17)8-3-1-2-4-14(8)12(20)15-6-7(16)5-9(15)11(18)19/h7-9,16H,1-6H2,(H2,13,17)(H,18,19). The Morgan fingerprint density at radius 3 is 2.40 bits per heavy atom. The van der Waals surface area contributed by atoms with E-state index >= 15 is 0 Å². The molecule has 112 valence electrons. The van der Waals surface area contributed by atoms with E-state index in [1.54, 1.807) is 0 Å². The van der Waals surface area contributed by atoms with Gasteiger partial charge < -0.3 is 25.7 Å².